The Balaban J connectivity index is 1.33. The van der Waals surface area contributed by atoms with E-state index in [4.69, 9.17) is 4.52 Å². The lowest BCUT2D eigenvalue weighted by atomic mass is 9.92. The van der Waals surface area contributed by atoms with E-state index in [0.29, 0.717) is 45.2 Å². The van der Waals surface area contributed by atoms with Gasteiger partial charge in [0.25, 0.3) is 11.6 Å². The van der Waals surface area contributed by atoms with E-state index >= 15 is 0 Å². The van der Waals surface area contributed by atoms with Gasteiger partial charge in [-0.3, -0.25) is 15.0 Å². The number of carbonyl (C=O) groups is 1. The molecule has 30 heavy (non-hydrogen) atoms. The standard InChI is InChI=1S/C22H27N5O2S/c1-12-6-13(2)9-27(8-12)10-16-11-30-22(23-16)25-20(28)17-7-18(15-4-5-15)24-21-19(17)14(3)26-29-21/h7,11-13,15H,4-6,8-10H2,1-3H3,(H,23,25,28)/t12-,13+. The summed E-state index contributed by atoms with van der Waals surface area (Å²) < 4.78 is 5.35. The van der Waals surface area contributed by atoms with Crippen LogP contribution in [0.4, 0.5) is 5.13 Å². The van der Waals surface area contributed by atoms with Gasteiger partial charge in [-0.2, -0.15) is 0 Å². The molecule has 0 spiro atoms. The lowest BCUT2D eigenvalue weighted by molar-refractivity contribution is 0.102. The molecule has 4 heterocycles. The molecular formula is C22H27N5O2S. The molecule has 3 aromatic rings. The van der Waals surface area contributed by atoms with Crippen molar-refractivity contribution in [3.05, 3.63) is 34.1 Å². The Hall–Kier alpha value is -2.32. The molecule has 1 aliphatic carbocycles. The summed E-state index contributed by atoms with van der Waals surface area (Å²) >= 11 is 1.47. The largest absolute Gasteiger partial charge is 0.336 e. The molecule has 2 fully saturated rings. The minimum Gasteiger partial charge on any atom is -0.336 e. The van der Waals surface area contributed by atoms with Crippen LogP contribution in [0.25, 0.3) is 11.1 Å². The fourth-order valence-electron chi connectivity index (χ4n) is 4.63. The number of hydrogen-bond acceptors (Lipinski definition) is 7. The second kappa shape index (κ2) is 7.74. The van der Waals surface area contributed by atoms with Gasteiger partial charge in [0.05, 0.1) is 22.3 Å². The predicted molar refractivity (Wildman–Crippen MR) is 117 cm³/mol. The second-order valence-corrected chi connectivity index (χ2v) is 9.91. The summed E-state index contributed by atoms with van der Waals surface area (Å²) in [4.78, 5) is 24.8. The zero-order valence-corrected chi connectivity index (χ0v) is 18.5. The number of likely N-dealkylation sites (tertiary alicyclic amines) is 1. The Morgan fingerprint density at radius 2 is 2.03 bits per heavy atom. The molecule has 0 bridgehead atoms. The van der Waals surface area contributed by atoms with Gasteiger partial charge in [0.15, 0.2) is 5.13 Å². The number of carbonyl (C=O) groups excluding carboxylic acids is 1. The number of nitrogens with zero attached hydrogens (tertiary/aromatic N) is 4. The first-order chi connectivity index (χ1) is 14.5. The van der Waals surface area contributed by atoms with Crippen molar-refractivity contribution in [1.29, 1.82) is 0 Å². The summed E-state index contributed by atoms with van der Waals surface area (Å²) in [6.07, 6.45) is 3.51. The van der Waals surface area contributed by atoms with Gasteiger partial charge in [0.2, 0.25) is 0 Å². The predicted octanol–water partition coefficient (Wildman–Crippen LogP) is 4.60. The average Bonchev–Trinajstić information content (AvgIpc) is 3.36. The molecule has 8 heteroatoms. The van der Waals surface area contributed by atoms with Crippen LogP contribution in [0.1, 0.15) is 66.5 Å². The Labute approximate surface area is 179 Å². The summed E-state index contributed by atoms with van der Waals surface area (Å²) in [6.45, 7) is 9.51. The van der Waals surface area contributed by atoms with E-state index in [2.05, 4.69) is 39.2 Å². The highest BCUT2D eigenvalue weighted by Crippen LogP contribution is 2.40. The highest BCUT2D eigenvalue weighted by Gasteiger charge is 2.29. The van der Waals surface area contributed by atoms with E-state index in [-0.39, 0.29) is 5.91 Å². The van der Waals surface area contributed by atoms with E-state index in [9.17, 15) is 4.79 Å². The molecule has 0 aromatic carbocycles. The zero-order valence-electron chi connectivity index (χ0n) is 17.6. The van der Waals surface area contributed by atoms with Gasteiger partial charge in [-0.1, -0.05) is 19.0 Å². The van der Waals surface area contributed by atoms with Crippen LogP contribution in [0.5, 0.6) is 0 Å². The number of amides is 1. The van der Waals surface area contributed by atoms with Crippen LogP contribution in [0.2, 0.25) is 0 Å². The molecular weight excluding hydrogens is 398 g/mol. The third-order valence-corrected chi connectivity index (χ3v) is 6.79. The fourth-order valence-corrected chi connectivity index (χ4v) is 5.33. The Morgan fingerprint density at radius 1 is 1.27 bits per heavy atom. The lowest BCUT2D eigenvalue weighted by Gasteiger charge is -2.34. The van der Waals surface area contributed by atoms with Gasteiger partial charge in [-0.15, -0.1) is 11.3 Å². The smallest absolute Gasteiger partial charge is 0.259 e. The number of anilines is 1. The van der Waals surface area contributed by atoms with Crippen molar-refractivity contribution in [3.8, 4) is 0 Å². The number of piperidine rings is 1. The van der Waals surface area contributed by atoms with Gasteiger partial charge in [-0.25, -0.2) is 9.97 Å². The third-order valence-electron chi connectivity index (χ3n) is 5.98. The summed E-state index contributed by atoms with van der Waals surface area (Å²) in [5.74, 6) is 1.67. The average molecular weight is 426 g/mol. The molecule has 0 radical (unpaired) electrons. The van der Waals surface area contributed by atoms with Gasteiger partial charge in [0.1, 0.15) is 0 Å². The molecule has 3 aromatic heterocycles. The zero-order chi connectivity index (χ0) is 20.8. The topological polar surface area (TPSA) is 84.1 Å². The molecule has 2 aliphatic rings. The first kappa shape index (κ1) is 19.6. The van der Waals surface area contributed by atoms with Crippen LogP contribution in [0, 0.1) is 18.8 Å². The second-order valence-electron chi connectivity index (χ2n) is 9.06. The van der Waals surface area contributed by atoms with Crippen molar-refractivity contribution >= 4 is 33.5 Å². The minimum atomic E-state index is -0.184. The number of pyridine rings is 1. The maximum Gasteiger partial charge on any atom is 0.259 e. The first-order valence-electron chi connectivity index (χ1n) is 10.7. The molecule has 1 aliphatic heterocycles. The molecule has 1 saturated carbocycles. The van der Waals surface area contributed by atoms with Gasteiger partial charge >= 0.3 is 0 Å². The highest BCUT2D eigenvalue weighted by molar-refractivity contribution is 7.14. The van der Waals surface area contributed by atoms with Crippen molar-refractivity contribution < 1.29 is 9.32 Å². The third kappa shape index (κ3) is 3.98. The number of aryl methyl sites for hydroxylation is 1. The van der Waals surface area contributed by atoms with Crippen LogP contribution < -0.4 is 5.32 Å². The summed E-state index contributed by atoms with van der Waals surface area (Å²) in [7, 11) is 0. The van der Waals surface area contributed by atoms with Crippen molar-refractivity contribution in [2.24, 2.45) is 11.8 Å². The minimum absolute atomic E-state index is 0.184. The van der Waals surface area contributed by atoms with Crippen molar-refractivity contribution in [2.75, 3.05) is 18.4 Å². The van der Waals surface area contributed by atoms with E-state index in [1.165, 1.54) is 17.8 Å². The Morgan fingerprint density at radius 3 is 2.77 bits per heavy atom. The van der Waals surface area contributed by atoms with E-state index in [0.717, 1.165) is 43.9 Å². The van der Waals surface area contributed by atoms with Gasteiger partial charge in [0, 0.05) is 36.6 Å². The maximum absolute atomic E-state index is 13.1. The van der Waals surface area contributed by atoms with Crippen molar-refractivity contribution in [3.63, 3.8) is 0 Å². The normalized spacial score (nSPS) is 22.5. The van der Waals surface area contributed by atoms with Crippen LogP contribution in [0.15, 0.2) is 16.0 Å². The van der Waals surface area contributed by atoms with Crippen LogP contribution in [0.3, 0.4) is 0 Å². The molecule has 1 amide bonds. The van der Waals surface area contributed by atoms with Crippen molar-refractivity contribution in [1.82, 2.24) is 20.0 Å². The van der Waals surface area contributed by atoms with Gasteiger partial charge < -0.3 is 4.52 Å². The van der Waals surface area contributed by atoms with Crippen LogP contribution in [-0.2, 0) is 6.54 Å². The van der Waals surface area contributed by atoms with Crippen LogP contribution >= 0.6 is 11.3 Å². The number of thiazole rings is 1. The van der Waals surface area contributed by atoms with E-state index in [1.807, 2.05) is 18.4 Å². The molecule has 1 saturated heterocycles. The molecule has 2 atom stereocenters. The fraction of sp³-hybridized carbons (Fsp3) is 0.545. The monoisotopic (exact) mass is 425 g/mol. The molecule has 5 rings (SSSR count). The molecule has 7 nitrogen and oxygen atoms in total. The van der Waals surface area contributed by atoms with Crippen LogP contribution in [-0.4, -0.2) is 39.0 Å². The van der Waals surface area contributed by atoms with Crippen molar-refractivity contribution in [2.45, 2.75) is 52.5 Å². The molecule has 158 valence electrons. The van der Waals surface area contributed by atoms with E-state index in [1.54, 1.807) is 0 Å². The number of hydrogen-bond donors (Lipinski definition) is 1. The highest BCUT2D eigenvalue weighted by atomic mass is 32.1. The number of aromatic nitrogens is 3. The summed E-state index contributed by atoms with van der Waals surface area (Å²) in [5.41, 5.74) is 3.61. The Bertz CT molecular complexity index is 1080. The molecule has 1 N–H and O–H groups in total. The SMILES string of the molecule is Cc1noc2nc(C3CC3)cc(C(=O)Nc3nc(CN4C[C@H](C)C[C@H](C)C4)cs3)c12. The van der Waals surface area contributed by atoms with E-state index < -0.39 is 0 Å². The summed E-state index contributed by atoms with van der Waals surface area (Å²) in [5, 5.41) is 10.3. The quantitative estimate of drug-likeness (QED) is 0.643. The Kier molecular flexibility index (Phi) is 5.06. The lowest BCUT2D eigenvalue weighted by Crippen LogP contribution is -2.38. The number of fused-ring (bicyclic) bond motifs is 1. The first-order valence-corrected chi connectivity index (χ1v) is 11.6. The maximum atomic E-state index is 13.1. The number of nitrogens with one attached hydrogen (secondary N) is 1. The molecule has 0 unspecified atom stereocenters. The summed E-state index contributed by atoms with van der Waals surface area (Å²) in [6, 6.07) is 1.89. The van der Waals surface area contributed by atoms with Gasteiger partial charge in [-0.05, 0) is 44.1 Å². The number of rotatable bonds is 5.